The Morgan fingerprint density at radius 2 is 1.91 bits per heavy atom. The van der Waals surface area contributed by atoms with Crippen LogP contribution in [0, 0.1) is 12.0 Å². The van der Waals surface area contributed by atoms with Gasteiger partial charge in [0.15, 0.2) is 11.5 Å². The van der Waals surface area contributed by atoms with Crippen molar-refractivity contribution in [2.24, 2.45) is 0 Å². The van der Waals surface area contributed by atoms with Gasteiger partial charge in [-0.2, -0.15) is 0 Å². The second kappa shape index (κ2) is 10.2. The lowest BCUT2D eigenvalue weighted by molar-refractivity contribution is 0.338. The first-order valence-corrected chi connectivity index (χ1v) is 8.14. The van der Waals surface area contributed by atoms with Gasteiger partial charge >= 0.3 is 0 Å². The first-order chi connectivity index (χ1) is 10.7. The Morgan fingerprint density at radius 3 is 2.50 bits per heavy atom. The molecule has 0 heterocycles. The Hall–Kier alpha value is -1.58. The SMILES string of the molecule is CCCC#COc1cc(SC(=S)OCC)cc(OC)c1OC. The van der Waals surface area contributed by atoms with Crippen molar-refractivity contribution in [1.82, 2.24) is 0 Å². The van der Waals surface area contributed by atoms with Crippen LogP contribution in [0.1, 0.15) is 26.7 Å². The predicted molar refractivity (Wildman–Crippen MR) is 92.9 cm³/mol. The van der Waals surface area contributed by atoms with E-state index < -0.39 is 0 Å². The third-order valence-corrected chi connectivity index (χ3v) is 3.61. The van der Waals surface area contributed by atoms with Crippen LogP contribution in [-0.4, -0.2) is 25.2 Å². The molecule has 0 aliphatic heterocycles. The Labute approximate surface area is 141 Å². The predicted octanol–water partition coefficient (Wildman–Crippen LogP) is 4.26. The van der Waals surface area contributed by atoms with Crippen LogP contribution in [-0.2, 0) is 4.74 Å². The van der Waals surface area contributed by atoms with Gasteiger partial charge in [0.2, 0.25) is 10.1 Å². The van der Waals surface area contributed by atoms with E-state index in [1.165, 1.54) is 11.8 Å². The van der Waals surface area contributed by atoms with Crippen molar-refractivity contribution < 1.29 is 18.9 Å². The fourth-order valence-electron chi connectivity index (χ4n) is 1.55. The molecule has 0 aliphatic rings. The number of ether oxygens (including phenoxy) is 4. The van der Waals surface area contributed by atoms with Crippen molar-refractivity contribution in [2.75, 3.05) is 20.8 Å². The molecule has 0 saturated carbocycles. The fourth-order valence-corrected chi connectivity index (χ4v) is 2.66. The van der Waals surface area contributed by atoms with Crippen LogP contribution in [0.15, 0.2) is 17.0 Å². The third-order valence-electron chi connectivity index (χ3n) is 2.49. The average Bonchev–Trinajstić information content (AvgIpc) is 2.51. The van der Waals surface area contributed by atoms with Crippen molar-refractivity contribution in [3.63, 3.8) is 0 Å². The molecule has 0 bridgehead atoms. The van der Waals surface area contributed by atoms with E-state index in [-0.39, 0.29) is 0 Å². The zero-order valence-electron chi connectivity index (χ0n) is 13.2. The molecule has 0 fully saturated rings. The Kier molecular flexibility index (Phi) is 8.56. The largest absolute Gasteiger partial charge is 0.493 e. The first kappa shape index (κ1) is 18.5. The van der Waals surface area contributed by atoms with Gasteiger partial charge in [-0.25, -0.2) is 0 Å². The van der Waals surface area contributed by atoms with E-state index >= 15 is 0 Å². The van der Waals surface area contributed by atoms with Crippen molar-refractivity contribution in [3.8, 4) is 29.3 Å². The summed E-state index contributed by atoms with van der Waals surface area (Å²) < 4.78 is 21.9. The van der Waals surface area contributed by atoms with Crippen LogP contribution >= 0.6 is 24.0 Å². The van der Waals surface area contributed by atoms with Crippen LogP contribution in [0.3, 0.4) is 0 Å². The molecule has 0 atom stereocenters. The molecule has 0 unspecified atom stereocenters. The van der Waals surface area contributed by atoms with Gasteiger partial charge in [0.05, 0.1) is 20.8 Å². The minimum atomic E-state index is 0.442. The third kappa shape index (κ3) is 5.66. The molecule has 0 aliphatic carbocycles. The molecule has 1 aromatic rings. The van der Waals surface area contributed by atoms with E-state index in [0.717, 1.165) is 17.7 Å². The molecular formula is C16H20O4S2. The molecule has 0 spiro atoms. The van der Waals surface area contributed by atoms with E-state index in [1.54, 1.807) is 20.3 Å². The molecule has 6 heteroatoms. The second-order valence-electron chi connectivity index (χ2n) is 4.07. The van der Waals surface area contributed by atoms with E-state index in [9.17, 15) is 0 Å². The average molecular weight is 340 g/mol. The lowest BCUT2D eigenvalue weighted by Crippen LogP contribution is -1.98. The van der Waals surface area contributed by atoms with Gasteiger partial charge < -0.3 is 18.9 Å². The summed E-state index contributed by atoms with van der Waals surface area (Å²) in [4.78, 5) is 0.836. The number of hydrogen-bond donors (Lipinski definition) is 0. The lowest BCUT2D eigenvalue weighted by Gasteiger charge is -2.13. The summed E-state index contributed by atoms with van der Waals surface area (Å²) in [5.74, 6) is 4.47. The highest BCUT2D eigenvalue weighted by Crippen LogP contribution is 2.41. The Balaban J connectivity index is 3.05. The maximum Gasteiger partial charge on any atom is 0.224 e. The summed E-state index contributed by atoms with van der Waals surface area (Å²) >= 11 is 6.46. The molecule has 22 heavy (non-hydrogen) atoms. The molecule has 0 N–H and O–H groups in total. The number of hydrogen-bond acceptors (Lipinski definition) is 6. The van der Waals surface area contributed by atoms with E-state index in [2.05, 4.69) is 19.0 Å². The van der Waals surface area contributed by atoms with Crippen LogP contribution in [0.4, 0.5) is 0 Å². The molecule has 1 rings (SSSR count). The van der Waals surface area contributed by atoms with Gasteiger partial charge in [-0.15, -0.1) is 0 Å². The monoisotopic (exact) mass is 340 g/mol. The highest BCUT2D eigenvalue weighted by atomic mass is 32.2. The minimum absolute atomic E-state index is 0.442. The maximum atomic E-state index is 5.49. The van der Waals surface area contributed by atoms with E-state index in [4.69, 9.17) is 31.2 Å². The number of thiocarbonyl (C=S) groups is 1. The van der Waals surface area contributed by atoms with Gasteiger partial charge in [0, 0.05) is 17.4 Å². The smallest absolute Gasteiger partial charge is 0.224 e. The van der Waals surface area contributed by atoms with E-state index in [0.29, 0.717) is 28.2 Å². The molecule has 4 nitrogen and oxygen atoms in total. The normalized spacial score (nSPS) is 9.45. The van der Waals surface area contributed by atoms with Crippen molar-refractivity contribution in [2.45, 2.75) is 31.6 Å². The molecule has 0 aromatic heterocycles. The summed E-state index contributed by atoms with van der Waals surface area (Å²) in [5, 5.41) is 0. The summed E-state index contributed by atoms with van der Waals surface area (Å²) in [6.07, 6.45) is 4.44. The minimum Gasteiger partial charge on any atom is -0.493 e. The zero-order valence-corrected chi connectivity index (χ0v) is 14.9. The van der Waals surface area contributed by atoms with Gasteiger partial charge in [-0.05, 0) is 43.4 Å². The van der Waals surface area contributed by atoms with Crippen LogP contribution in [0.2, 0.25) is 0 Å². The van der Waals surface area contributed by atoms with Crippen LogP contribution < -0.4 is 14.2 Å². The molecule has 1 aromatic carbocycles. The van der Waals surface area contributed by atoms with E-state index in [1.807, 2.05) is 13.0 Å². The molecule has 0 saturated heterocycles. The fraction of sp³-hybridized carbons (Fsp3) is 0.438. The van der Waals surface area contributed by atoms with Gasteiger partial charge in [0.1, 0.15) is 6.11 Å². The van der Waals surface area contributed by atoms with Crippen molar-refractivity contribution >= 4 is 28.4 Å². The summed E-state index contributed by atoms with van der Waals surface area (Å²) in [7, 11) is 3.13. The van der Waals surface area contributed by atoms with Crippen molar-refractivity contribution in [1.29, 1.82) is 0 Å². The Morgan fingerprint density at radius 1 is 1.18 bits per heavy atom. The maximum absolute atomic E-state index is 5.49. The summed E-state index contributed by atoms with van der Waals surface area (Å²) in [6.45, 7) is 4.48. The number of methoxy groups -OCH3 is 2. The van der Waals surface area contributed by atoms with Crippen LogP contribution in [0.5, 0.6) is 17.2 Å². The molecule has 120 valence electrons. The Bertz CT molecular complexity index is 561. The number of rotatable bonds is 6. The standard InChI is InChI=1S/C16H20O4S2/c1-5-7-8-9-20-14-11-12(22-16(21)19-6-2)10-13(17-3)15(14)18-4/h10-11H,5-7H2,1-4H3. The van der Waals surface area contributed by atoms with Gasteiger partial charge in [0.25, 0.3) is 0 Å². The van der Waals surface area contributed by atoms with Crippen LogP contribution in [0.25, 0.3) is 0 Å². The summed E-state index contributed by atoms with van der Waals surface area (Å²) in [5.41, 5.74) is 0. The highest BCUT2D eigenvalue weighted by molar-refractivity contribution is 8.22. The first-order valence-electron chi connectivity index (χ1n) is 6.91. The quantitative estimate of drug-likeness (QED) is 0.438. The zero-order chi connectivity index (χ0) is 16.4. The van der Waals surface area contributed by atoms with Gasteiger partial charge in [-0.3, -0.25) is 0 Å². The topological polar surface area (TPSA) is 36.9 Å². The molecular weight excluding hydrogens is 320 g/mol. The van der Waals surface area contributed by atoms with Crippen molar-refractivity contribution in [3.05, 3.63) is 12.1 Å². The number of benzene rings is 1. The molecule has 0 radical (unpaired) electrons. The van der Waals surface area contributed by atoms with Gasteiger partial charge in [-0.1, -0.05) is 12.8 Å². The second-order valence-corrected chi connectivity index (χ2v) is 5.75. The number of unbranched alkanes of at least 4 members (excludes halogenated alkanes) is 1. The number of thioether (sulfide) groups is 1. The molecule has 0 amide bonds. The summed E-state index contributed by atoms with van der Waals surface area (Å²) in [6, 6.07) is 3.62. The lowest BCUT2D eigenvalue weighted by atomic mass is 10.3. The highest BCUT2D eigenvalue weighted by Gasteiger charge is 2.15.